The van der Waals surface area contributed by atoms with Crippen LogP contribution in [0.25, 0.3) is 6.08 Å². The molecule has 0 radical (unpaired) electrons. The number of aliphatic hydroxyl groups excluding tert-OH is 1. The summed E-state index contributed by atoms with van der Waals surface area (Å²) in [4.78, 5) is 37.4. The quantitative estimate of drug-likeness (QED) is 0.437. The summed E-state index contributed by atoms with van der Waals surface area (Å²) >= 11 is 0. The van der Waals surface area contributed by atoms with E-state index in [4.69, 9.17) is 9.84 Å². The van der Waals surface area contributed by atoms with Gasteiger partial charge in [-0.25, -0.2) is 4.79 Å². The third-order valence-electron chi connectivity index (χ3n) is 2.99. The SMILES string of the molecule is O=C(/C=C/c1cc(=O)[nH]c(=O)n1COCCO)c1ccccc1. The Balaban J connectivity index is 2.27. The number of hydrogen-bond donors (Lipinski definition) is 2. The van der Waals surface area contributed by atoms with E-state index in [0.717, 1.165) is 4.57 Å². The predicted molar refractivity (Wildman–Crippen MR) is 84.2 cm³/mol. The average molecular weight is 316 g/mol. The maximum atomic E-state index is 12.0. The summed E-state index contributed by atoms with van der Waals surface area (Å²) in [5.74, 6) is -0.249. The van der Waals surface area contributed by atoms with E-state index in [1.165, 1.54) is 18.2 Å². The number of ketones is 1. The molecule has 7 nitrogen and oxygen atoms in total. The Morgan fingerprint density at radius 3 is 2.70 bits per heavy atom. The molecule has 0 spiro atoms. The van der Waals surface area contributed by atoms with Gasteiger partial charge in [0.2, 0.25) is 0 Å². The van der Waals surface area contributed by atoms with Crippen LogP contribution in [0.2, 0.25) is 0 Å². The highest BCUT2D eigenvalue weighted by Crippen LogP contribution is 2.04. The minimum absolute atomic E-state index is 0.0532. The predicted octanol–water partition coefficient (Wildman–Crippen LogP) is 0.399. The van der Waals surface area contributed by atoms with Gasteiger partial charge in [0, 0.05) is 11.6 Å². The second-order valence-corrected chi connectivity index (χ2v) is 4.62. The minimum Gasteiger partial charge on any atom is -0.394 e. The lowest BCUT2D eigenvalue weighted by Crippen LogP contribution is -2.32. The van der Waals surface area contributed by atoms with Crippen LogP contribution in [-0.2, 0) is 11.5 Å². The molecule has 7 heteroatoms. The fourth-order valence-corrected chi connectivity index (χ4v) is 1.89. The molecule has 23 heavy (non-hydrogen) atoms. The van der Waals surface area contributed by atoms with E-state index in [1.54, 1.807) is 30.3 Å². The van der Waals surface area contributed by atoms with Crippen molar-refractivity contribution in [2.45, 2.75) is 6.73 Å². The van der Waals surface area contributed by atoms with E-state index in [1.807, 2.05) is 0 Å². The zero-order chi connectivity index (χ0) is 16.7. The number of carbonyl (C=O) groups excluding carboxylic acids is 1. The molecule has 120 valence electrons. The van der Waals surface area contributed by atoms with Gasteiger partial charge < -0.3 is 9.84 Å². The average Bonchev–Trinajstić information content (AvgIpc) is 2.55. The molecule has 0 saturated heterocycles. The molecule has 0 saturated carbocycles. The first kappa shape index (κ1) is 16.6. The second kappa shape index (κ2) is 8.02. The van der Waals surface area contributed by atoms with Crippen molar-refractivity contribution in [1.82, 2.24) is 9.55 Å². The van der Waals surface area contributed by atoms with Gasteiger partial charge in [-0.15, -0.1) is 0 Å². The number of ether oxygens (including phenoxy) is 1. The lowest BCUT2D eigenvalue weighted by atomic mass is 10.1. The highest BCUT2D eigenvalue weighted by Gasteiger charge is 2.05. The van der Waals surface area contributed by atoms with Crippen molar-refractivity contribution in [3.05, 3.63) is 74.6 Å². The standard InChI is InChI=1S/C16H16N2O5/c19-8-9-23-11-18-13(10-15(21)17-16(18)22)6-7-14(20)12-4-2-1-3-5-12/h1-7,10,19H,8-9,11H2,(H,17,21,22)/b7-6+. The first-order valence-corrected chi connectivity index (χ1v) is 6.92. The number of aromatic nitrogens is 2. The number of H-pyrrole nitrogens is 1. The topological polar surface area (TPSA) is 101 Å². The molecule has 0 aliphatic carbocycles. The van der Waals surface area contributed by atoms with Crippen LogP contribution in [0.5, 0.6) is 0 Å². The molecule has 1 aromatic carbocycles. The number of nitrogens with one attached hydrogen (secondary N) is 1. The van der Waals surface area contributed by atoms with Gasteiger partial charge in [-0.05, 0) is 12.2 Å². The van der Waals surface area contributed by atoms with E-state index < -0.39 is 11.2 Å². The monoisotopic (exact) mass is 316 g/mol. The third kappa shape index (κ3) is 4.60. The van der Waals surface area contributed by atoms with Crippen LogP contribution in [-0.4, -0.2) is 33.7 Å². The van der Waals surface area contributed by atoms with E-state index in [-0.39, 0.29) is 31.4 Å². The van der Waals surface area contributed by atoms with Crippen LogP contribution in [0.4, 0.5) is 0 Å². The highest BCUT2D eigenvalue weighted by molar-refractivity contribution is 6.06. The number of hydrogen-bond acceptors (Lipinski definition) is 5. The van der Waals surface area contributed by atoms with E-state index in [9.17, 15) is 14.4 Å². The molecule has 0 atom stereocenters. The Hall–Kier alpha value is -2.77. The number of aromatic amines is 1. The van der Waals surface area contributed by atoms with Crippen LogP contribution in [0.15, 0.2) is 52.1 Å². The number of carbonyl (C=O) groups is 1. The summed E-state index contributed by atoms with van der Waals surface area (Å²) in [5, 5.41) is 8.70. The maximum Gasteiger partial charge on any atom is 0.330 e. The first-order valence-electron chi connectivity index (χ1n) is 6.92. The zero-order valence-corrected chi connectivity index (χ0v) is 12.3. The largest absolute Gasteiger partial charge is 0.394 e. The van der Waals surface area contributed by atoms with Crippen molar-refractivity contribution < 1.29 is 14.6 Å². The van der Waals surface area contributed by atoms with Crippen molar-refractivity contribution in [3.63, 3.8) is 0 Å². The Bertz CT molecular complexity index is 805. The Kier molecular flexibility index (Phi) is 5.79. The third-order valence-corrected chi connectivity index (χ3v) is 2.99. The number of rotatable bonds is 7. The van der Waals surface area contributed by atoms with Gasteiger partial charge in [0.1, 0.15) is 6.73 Å². The lowest BCUT2D eigenvalue weighted by molar-refractivity contribution is 0.0453. The molecule has 2 N–H and O–H groups in total. The maximum absolute atomic E-state index is 12.0. The zero-order valence-electron chi connectivity index (χ0n) is 12.3. The van der Waals surface area contributed by atoms with Crippen molar-refractivity contribution in [2.24, 2.45) is 0 Å². The van der Waals surface area contributed by atoms with Crippen LogP contribution < -0.4 is 11.2 Å². The Morgan fingerprint density at radius 2 is 2.00 bits per heavy atom. The molecular weight excluding hydrogens is 300 g/mol. The molecule has 0 bridgehead atoms. The summed E-state index contributed by atoms with van der Waals surface area (Å²) < 4.78 is 6.25. The summed E-state index contributed by atoms with van der Waals surface area (Å²) in [7, 11) is 0. The van der Waals surface area contributed by atoms with Gasteiger partial charge in [-0.3, -0.25) is 19.1 Å². The van der Waals surface area contributed by atoms with Crippen molar-refractivity contribution >= 4 is 11.9 Å². The molecule has 1 heterocycles. The molecule has 0 aliphatic rings. The number of nitrogens with zero attached hydrogens (tertiary/aromatic N) is 1. The van der Waals surface area contributed by atoms with E-state index in [0.29, 0.717) is 5.56 Å². The van der Waals surface area contributed by atoms with Gasteiger partial charge in [0.05, 0.1) is 18.9 Å². The Morgan fingerprint density at radius 1 is 1.26 bits per heavy atom. The van der Waals surface area contributed by atoms with Gasteiger partial charge in [0.15, 0.2) is 5.78 Å². The van der Waals surface area contributed by atoms with E-state index in [2.05, 4.69) is 4.98 Å². The molecular formula is C16H16N2O5. The lowest BCUT2D eigenvalue weighted by Gasteiger charge is -2.09. The minimum atomic E-state index is -0.651. The summed E-state index contributed by atoms with van der Waals surface area (Å²) in [6.45, 7) is -0.275. The van der Waals surface area contributed by atoms with Gasteiger partial charge in [-0.1, -0.05) is 30.3 Å². The molecule has 0 amide bonds. The second-order valence-electron chi connectivity index (χ2n) is 4.62. The summed E-state index contributed by atoms with van der Waals surface area (Å²) in [5.41, 5.74) is -0.484. The van der Waals surface area contributed by atoms with Gasteiger partial charge in [-0.2, -0.15) is 0 Å². The molecule has 0 unspecified atom stereocenters. The number of allylic oxidation sites excluding steroid dienone is 1. The van der Waals surface area contributed by atoms with Crippen LogP contribution in [0, 0.1) is 0 Å². The normalized spacial score (nSPS) is 11.0. The number of aliphatic hydroxyl groups is 1. The van der Waals surface area contributed by atoms with Gasteiger partial charge >= 0.3 is 5.69 Å². The van der Waals surface area contributed by atoms with Crippen LogP contribution >= 0.6 is 0 Å². The highest BCUT2D eigenvalue weighted by atomic mass is 16.5. The molecule has 2 rings (SSSR count). The van der Waals surface area contributed by atoms with Crippen molar-refractivity contribution in [3.8, 4) is 0 Å². The first-order chi connectivity index (χ1) is 11.1. The van der Waals surface area contributed by atoms with Gasteiger partial charge in [0.25, 0.3) is 5.56 Å². The molecule has 2 aromatic rings. The fourth-order valence-electron chi connectivity index (χ4n) is 1.89. The van der Waals surface area contributed by atoms with Crippen LogP contribution in [0.1, 0.15) is 16.1 Å². The van der Waals surface area contributed by atoms with Crippen LogP contribution in [0.3, 0.4) is 0 Å². The van der Waals surface area contributed by atoms with Crippen molar-refractivity contribution in [1.29, 1.82) is 0 Å². The smallest absolute Gasteiger partial charge is 0.330 e. The molecule has 0 fully saturated rings. The summed E-state index contributed by atoms with van der Waals surface area (Å²) in [6, 6.07) is 9.82. The molecule has 0 aliphatic heterocycles. The van der Waals surface area contributed by atoms with Crippen molar-refractivity contribution in [2.75, 3.05) is 13.2 Å². The Labute approximate surface area is 131 Å². The van der Waals surface area contributed by atoms with E-state index >= 15 is 0 Å². The fraction of sp³-hybridized carbons (Fsp3) is 0.188. The summed E-state index contributed by atoms with van der Waals surface area (Å²) in [6.07, 6.45) is 2.67. The molecule has 1 aromatic heterocycles. The number of benzene rings is 1.